The van der Waals surface area contributed by atoms with Gasteiger partial charge in [0, 0.05) is 10.2 Å². The summed E-state index contributed by atoms with van der Waals surface area (Å²) in [6.45, 7) is 1.66. The molecule has 106 valence electrons. The Morgan fingerprint density at radius 2 is 2.05 bits per heavy atom. The van der Waals surface area contributed by atoms with Crippen LogP contribution in [-0.4, -0.2) is 12.0 Å². The molecule has 0 aliphatic carbocycles. The number of nitrogens with zero attached hydrogens (tertiary/aromatic N) is 1. The molecule has 2 aromatic rings. The SMILES string of the molecule is CC(Oc1cccc(C#N)c1)C(=O)Nc1cccc(Br)c1. The van der Waals surface area contributed by atoms with Gasteiger partial charge in [0.25, 0.3) is 5.91 Å². The number of hydrogen-bond acceptors (Lipinski definition) is 3. The zero-order valence-corrected chi connectivity index (χ0v) is 12.9. The second-order valence-corrected chi connectivity index (χ2v) is 5.31. The van der Waals surface area contributed by atoms with E-state index in [-0.39, 0.29) is 5.91 Å². The Morgan fingerprint density at radius 1 is 1.29 bits per heavy atom. The summed E-state index contributed by atoms with van der Waals surface area (Å²) in [7, 11) is 0. The molecule has 2 rings (SSSR count). The van der Waals surface area contributed by atoms with Crippen molar-refractivity contribution in [2.45, 2.75) is 13.0 Å². The van der Waals surface area contributed by atoms with Crippen molar-refractivity contribution in [3.63, 3.8) is 0 Å². The number of amides is 1. The molecule has 1 atom stereocenters. The second kappa shape index (κ2) is 6.91. The standard InChI is InChI=1S/C16H13BrN2O2/c1-11(21-15-7-2-4-12(8-15)10-18)16(20)19-14-6-3-5-13(17)9-14/h2-9,11H,1H3,(H,19,20). The van der Waals surface area contributed by atoms with Gasteiger partial charge in [-0.1, -0.05) is 28.1 Å². The minimum absolute atomic E-state index is 0.254. The highest BCUT2D eigenvalue weighted by Gasteiger charge is 2.15. The minimum atomic E-state index is -0.669. The van der Waals surface area contributed by atoms with Gasteiger partial charge in [0.05, 0.1) is 11.6 Å². The topological polar surface area (TPSA) is 62.1 Å². The van der Waals surface area contributed by atoms with E-state index >= 15 is 0 Å². The fourth-order valence-corrected chi connectivity index (χ4v) is 2.11. The maximum Gasteiger partial charge on any atom is 0.265 e. The van der Waals surface area contributed by atoms with Gasteiger partial charge in [-0.05, 0) is 43.3 Å². The lowest BCUT2D eigenvalue weighted by Crippen LogP contribution is -2.30. The van der Waals surface area contributed by atoms with Crippen LogP contribution in [0, 0.1) is 11.3 Å². The smallest absolute Gasteiger partial charge is 0.265 e. The predicted molar refractivity (Wildman–Crippen MR) is 84.0 cm³/mol. The number of anilines is 1. The van der Waals surface area contributed by atoms with Crippen molar-refractivity contribution in [1.82, 2.24) is 0 Å². The van der Waals surface area contributed by atoms with Crippen molar-refractivity contribution < 1.29 is 9.53 Å². The summed E-state index contributed by atoms with van der Waals surface area (Å²) in [5.74, 6) is 0.237. The molecule has 0 saturated carbocycles. The van der Waals surface area contributed by atoms with E-state index < -0.39 is 6.10 Å². The Labute approximate surface area is 131 Å². The van der Waals surface area contributed by atoms with E-state index in [0.717, 1.165) is 4.47 Å². The molecule has 0 aliphatic heterocycles. The van der Waals surface area contributed by atoms with Gasteiger partial charge in [-0.3, -0.25) is 4.79 Å². The number of nitrogens with one attached hydrogen (secondary N) is 1. The zero-order chi connectivity index (χ0) is 15.2. The molecule has 4 nitrogen and oxygen atoms in total. The first-order valence-electron chi connectivity index (χ1n) is 6.32. The summed E-state index contributed by atoms with van der Waals surface area (Å²) in [6, 6.07) is 16.1. The molecule has 0 spiro atoms. The Bertz CT molecular complexity index is 695. The summed E-state index contributed by atoms with van der Waals surface area (Å²) >= 11 is 3.35. The average Bonchev–Trinajstić information content (AvgIpc) is 2.47. The molecule has 1 unspecified atom stereocenters. The van der Waals surface area contributed by atoms with Crippen molar-refractivity contribution in [2.24, 2.45) is 0 Å². The number of rotatable bonds is 4. The second-order valence-electron chi connectivity index (χ2n) is 4.40. The number of ether oxygens (including phenoxy) is 1. The van der Waals surface area contributed by atoms with Crippen molar-refractivity contribution >= 4 is 27.5 Å². The number of nitriles is 1. The van der Waals surface area contributed by atoms with Crippen LogP contribution in [0.1, 0.15) is 12.5 Å². The lowest BCUT2D eigenvalue weighted by Gasteiger charge is -2.15. The van der Waals surface area contributed by atoms with Gasteiger partial charge < -0.3 is 10.1 Å². The lowest BCUT2D eigenvalue weighted by atomic mass is 10.2. The summed E-state index contributed by atoms with van der Waals surface area (Å²) < 4.78 is 6.43. The monoisotopic (exact) mass is 344 g/mol. The number of benzene rings is 2. The molecule has 0 heterocycles. The quantitative estimate of drug-likeness (QED) is 0.919. The molecule has 2 aromatic carbocycles. The number of carbonyl (C=O) groups excluding carboxylic acids is 1. The molecule has 0 fully saturated rings. The lowest BCUT2D eigenvalue weighted by molar-refractivity contribution is -0.122. The Balaban J connectivity index is 2.01. The Morgan fingerprint density at radius 3 is 2.76 bits per heavy atom. The van der Waals surface area contributed by atoms with Crippen LogP contribution in [0.3, 0.4) is 0 Å². The highest BCUT2D eigenvalue weighted by molar-refractivity contribution is 9.10. The largest absolute Gasteiger partial charge is 0.481 e. The van der Waals surface area contributed by atoms with Crippen LogP contribution in [0.15, 0.2) is 53.0 Å². The van der Waals surface area contributed by atoms with Crippen LogP contribution in [0.5, 0.6) is 5.75 Å². The van der Waals surface area contributed by atoms with E-state index in [1.165, 1.54) is 0 Å². The van der Waals surface area contributed by atoms with E-state index in [1.54, 1.807) is 43.3 Å². The van der Waals surface area contributed by atoms with E-state index in [9.17, 15) is 4.79 Å². The van der Waals surface area contributed by atoms with Crippen molar-refractivity contribution in [1.29, 1.82) is 5.26 Å². The summed E-state index contributed by atoms with van der Waals surface area (Å²) in [5, 5.41) is 11.6. The van der Waals surface area contributed by atoms with Gasteiger partial charge in [0.15, 0.2) is 6.10 Å². The minimum Gasteiger partial charge on any atom is -0.481 e. The number of halogens is 1. The highest BCUT2D eigenvalue weighted by atomic mass is 79.9. The van der Waals surface area contributed by atoms with Gasteiger partial charge in [0.1, 0.15) is 5.75 Å². The first-order valence-corrected chi connectivity index (χ1v) is 7.11. The first-order chi connectivity index (χ1) is 10.1. The molecule has 1 amide bonds. The van der Waals surface area contributed by atoms with Crippen LogP contribution in [0.2, 0.25) is 0 Å². The molecule has 21 heavy (non-hydrogen) atoms. The third-order valence-electron chi connectivity index (χ3n) is 2.74. The molecule has 1 N–H and O–H groups in total. The fourth-order valence-electron chi connectivity index (χ4n) is 1.71. The number of hydrogen-bond donors (Lipinski definition) is 1. The van der Waals surface area contributed by atoms with Crippen LogP contribution < -0.4 is 10.1 Å². The molecule has 5 heteroatoms. The molecule has 0 aromatic heterocycles. The van der Waals surface area contributed by atoms with Gasteiger partial charge >= 0.3 is 0 Å². The normalized spacial score (nSPS) is 11.3. The highest BCUT2D eigenvalue weighted by Crippen LogP contribution is 2.17. The molecular formula is C16H13BrN2O2. The van der Waals surface area contributed by atoms with E-state index in [0.29, 0.717) is 17.0 Å². The predicted octanol–water partition coefficient (Wildman–Crippen LogP) is 3.73. The fraction of sp³-hybridized carbons (Fsp3) is 0.125. The Kier molecular flexibility index (Phi) is 4.96. The van der Waals surface area contributed by atoms with Gasteiger partial charge in [-0.15, -0.1) is 0 Å². The van der Waals surface area contributed by atoms with E-state index in [1.807, 2.05) is 18.2 Å². The van der Waals surface area contributed by atoms with Crippen LogP contribution >= 0.6 is 15.9 Å². The van der Waals surface area contributed by atoms with Crippen molar-refractivity contribution in [3.8, 4) is 11.8 Å². The van der Waals surface area contributed by atoms with E-state index in [4.69, 9.17) is 10.00 Å². The third kappa shape index (κ3) is 4.33. The third-order valence-corrected chi connectivity index (χ3v) is 3.23. The van der Waals surface area contributed by atoms with Crippen LogP contribution in [-0.2, 0) is 4.79 Å². The van der Waals surface area contributed by atoms with E-state index in [2.05, 4.69) is 21.2 Å². The number of carbonyl (C=O) groups is 1. The van der Waals surface area contributed by atoms with Gasteiger partial charge in [0.2, 0.25) is 0 Å². The maximum atomic E-state index is 12.1. The zero-order valence-electron chi connectivity index (χ0n) is 11.3. The van der Waals surface area contributed by atoms with Gasteiger partial charge in [-0.2, -0.15) is 5.26 Å². The van der Waals surface area contributed by atoms with Crippen LogP contribution in [0.4, 0.5) is 5.69 Å². The first kappa shape index (κ1) is 15.1. The molecule has 0 saturated heterocycles. The average molecular weight is 345 g/mol. The molecular weight excluding hydrogens is 332 g/mol. The summed E-state index contributed by atoms with van der Waals surface area (Å²) in [4.78, 5) is 12.1. The van der Waals surface area contributed by atoms with Crippen LogP contribution in [0.25, 0.3) is 0 Å². The summed E-state index contributed by atoms with van der Waals surface area (Å²) in [5.41, 5.74) is 1.18. The Hall–Kier alpha value is -2.32. The summed E-state index contributed by atoms with van der Waals surface area (Å²) in [6.07, 6.45) is -0.669. The molecule has 0 aliphatic rings. The van der Waals surface area contributed by atoms with Crippen molar-refractivity contribution in [2.75, 3.05) is 5.32 Å². The van der Waals surface area contributed by atoms with Gasteiger partial charge in [-0.25, -0.2) is 0 Å². The molecule has 0 bridgehead atoms. The van der Waals surface area contributed by atoms with Crippen molar-refractivity contribution in [3.05, 3.63) is 58.6 Å². The maximum absolute atomic E-state index is 12.1. The molecule has 0 radical (unpaired) electrons.